The maximum absolute atomic E-state index is 14.8. The molecule has 0 bridgehead atoms. The number of thiophene rings is 1. The third-order valence-corrected chi connectivity index (χ3v) is 7.11. The first-order chi connectivity index (χ1) is 14.2. The molecular weight excluding hydrogens is 554 g/mol. The van der Waals surface area contributed by atoms with E-state index in [0.717, 1.165) is 16.2 Å². The normalized spacial score (nSPS) is 19.5. The van der Waals surface area contributed by atoms with Crippen molar-refractivity contribution >= 4 is 55.8 Å². The van der Waals surface area contributed by atoms with E-state index in [1.165, 1.54) is 0 Å². The van der Waals surface area contributed by atoms with Crippen LogP contribution in [0, 0.1) is 2.88 Å². The maximum atomic E-state index is 14.8. The van der Waals surface area contributed by atoms with Crippen LogP contribution >= 0.6 is 33.9 Å². The summed E-state index contributed by atoms with van der Waals surface area (Å²) >= 11 is 2.99. The van der Waals surface area contributed by atoms with Gasteiger partial charge in [0.15, 0.2) is 0 Å². The van der Waals surface area contributed by atoms with Crippen LogP contribution in [0.4, 0.5) is 32.4 Å². The fourth-order valence-corrected chi connectivity index (χ4v) is 5.57. The van der Waals surface area contributed by atoms with E-state index in [1.54, 1.807) is 39.0 Å². The van der Waals surface area contributed by atoms with E-state index in [0.29, 0.717) is 18.7 Å². The van der Waals surface area contributed by atoms with E-state index >= 15 is 0 Å². The number of rotatable bonds is 3. The number of piperidine rings is 1. The maximum Gasteiger partial charge on any atom is 0.410 e. The van der Waals surface area contributed by atoms with Gasteiger partial charge in [0.2, 0.25) is 0 Å². The van der Waals surface area contributed by atoms with Gasteiger partial charge in [0.1, 0.15) is 5.60 Å². The van der Waals surface area contributed by atoms with Crippen LogP contribution in [0.25, 0.3) is 10.1 Å². The number of hydrogen-bond acceptors (Lipinski definition) is 4. The summed E-state index contributed by atoms with van der Waals surface area (Å²) in [6.45, 7) is 4.27. The van der Waals surface area contributed by atoms with Crippen LogP contribution in [0.15, 0.2) is 18.2 Å². The lowest BCUT2D eigenvalue weighted by Gasteiger charge is -2.39. The molecule has 1 aromatic heterocycles. The van der Waals surface area contributed by atoms with Crippen LogP contribution in [0.1, 0.15) is 32.8 Å². The molecule has 0 spiro atoms. The summed E-state index contributed by atoms with van der Waals surface area (Å²) in [7, 11) is 0. The molecule has 1 amide bonds. The number of anilines is 1. The molecule has 172 valence electrons. The van der Waals surface area contributed by atoms with Gasteiger partial charge in [0.05, 0.1) is 32.3 Å². The minimum atomic E-state index is -4.36. The van der Waals surface area contributed by atoms with Crippen LogP contribution in [0.5, 0.6) is 0 Å². The Morgan fingerprint density at radius 3 is 2.58 bits per heavy atom. The molecule has 1 aromatic carbocycles. The second kappa shape index (κ2) is 8.53. The molecular formula is C20H22F5IN2O2S. The van der Waals surface area contributed by atoms with Crippen molar-refractivity contribution in [2.75, 3.05) is 18.4 Å². The fraction of sp³-hybridized carbons (Fsp3) is 0.550. The second-order valence-corrected chi connectivity index (χ2v) is 11.3. The Bertz CT molecular complexity index is 971. The predicted octanol–water partition coefficient (Wildman–Crippen LogP) is 6.67. The highest BCUT2D eigenvalue weighted by Gasteiger charge is 2.47. The Labute approximate surface area is 194 Å². The van der Waals surface area contributed by atoms with Crippen LogP contribution in [0.3, 0.4) is 0 Å². The van der Waals surface area contributed by atoms with E-state index in [-0.39, 0.29) is 18.5 Å². The summed E-state index contributed by atoms with van der Waals surface area (Å²) in [5.74, 6) is -3.24. The highest BCUT2D eigenvalue weighted by atomic mass is 127. The molecule has 31 heavy (non-hydrogen) atoms. The van der Waals surface area contributed by atoms with Crippen LogP contribution < -0.4 is 5.32 Å². The predicted molar refractivity (Wildman–Crippen MR) is 119 cm³/mol. The molecule has 1 unspecified atom stereocenters. The smallest absolute Gasteiger partial charge is 0.410 e. The average molecular weight is 576 g/mol. The molecule has 1 N–H and O–H groups in total. The third kappa shape index (κ3) is 5.91. The summed E-state index contributed by atoms with van der Waals surface area (Å²) < 4.78 is 74.7. The van der Waals surface area contributed by atoms with Gasteiger partial charge < -0.3 is 15.0 Å². The number of hydrogen-bond donors (Lipinski definition) is 1. The van der Waals surface area contributed by atoms with E-state index < -0.39 is 42.8 Å². The minimum absolute atomic E-state index is 0.0273. The number of benzene rings is 1. The number of nitrogens with one attached hydrogen (secondary N) is 1. The molecule has 0 radical (unpaired) electrons. The van der Waals surface area contributed by atoms with Crippen molar-refractivity contribution in [3.05, 3.63) is 26.6 Å². The quantitative estimate of drug-likeness (QED) is 0.328. The standard InChI is InChI=1S/C20H22F5IN2O2S/c1-18(2,3)30-17(29)28-8-7-14(19(21,22)10-28)27-13-6-4-5-11-12(9-20(23,24)25)16(26)31-15(11)13/h4-6,14,27H,7-10H2,1-3H3. The van der Waals surface area contributed by atoms with Gasteiger partial charge in [-0.15, -0.1) is 11.3 Å². The van der Waals surface area contributed by atoms with Crippen molar-refractivity contribution in [3.63, 3.8) is 0 Å². The second-order valence-electron chi connectivity index (χ2n) is 8.48. The molecule has 2 aromatic rings. The summed E-state index contributed by atoms with van der Waals surface area (Å²) in [6, 6.07) is 3.45. The van der Waals surface area contributed by atoms with E-state index in [4.69, 9.17) is 4.74 Å². The number of carbonyl (C=O) groups is 1. The molecule has 11 heteroatoms. The Morgan fingerprint density at radius 1 is 1.32 bits per heavy atom. The van der Waals surface area contributed by atoms with Crippen molar-refractivity contribution in [2.45, 2.75) is 57.4 Å². The highest BCUT2D eigenvalue weighted by Crippen LogP contribution is 2.41. The topological polar surface area (TPSA) is 41.6 Å². The highest BCUT2D eigenvalue weighted by molar-refractivity contribution is 14.1. The lowest BCUT2D eigenvalue weighted by Crippen LogP contribution is -2.56. The fourth-order valence-electron chi connectivity index (χ4n) is 3.41. The van der Waals surface area contributed by atoms with Crippen LogP contribution in [-0.4, -0.2) is 47.8 Å². The number of amides is 1. The van der Waals surface area contributed by atoms with Gasteiger partial charge in [-0.25, -0.2) is 13.6 Å². The zero-order valence-electron chi connectivity index (χ0n) is 17.1. The van der Waals surface area contributed by atoms with Gasteiger partial charge in [0.25, 0.3) is 5.92 Å². The van der Waals surface area contributed by atoms with E-state index in [9.17, 15) is 26.7 Å². The van der Waals surface area contributed by atoms with Crippen LogP contribution in [-0.2, 0) is 11.2 Å². The molecule has 4 nitrogen and oxygen atoms in total. The first kappa shape index (κ1) is 24.3. The molecule has 1 saturated heterocycles. The zero-order chi connectivity index (χ0) is 23.2. The molecule has 1 aliphatic rings. The number of alkyl halides is 5. The molecule has 3 rings (SSSR count). The van der Waals surface area contributed by atoms with Gasteiger partial charge >= 0.3 is 12.3 Å². The van der Waals surface area contributed by atoms with Gasteiger partial charge in [-0.05, 0) is 66.8 Å². The Hall–Kier alpha value is -1.37. The van der Waals surface area contributed by atoms with Gasteiger partial charge in [-0.2, -0.15) is 13.2 Å². The van der Waals surface area contributed by atoms with Crippen LogP contribution in [0.2, 0.25) is 0 Å². The number of likely N-dealkylation sites (tertiary alicyclic amines) is 1. The number of carbonyl (C=O) groups excluding carboxylic acids is 1. The first-order valence-corrected chi connectivity index (χ1v) is 11.4. The Balaban J connectivity index is 1.80. The van der Waals surface area contributed by atoms with E-state index in [1.807, 2.05) is 22.6 Å². The Morgan fingerprint density at radius 2 is 2.00 bits per heavy atom. The van der Waals surface area contributed by atoms with Gasteiger partial charge in [0, 0.05) is 6.54 Å². The minimum Gasteiger partial charge on any atom is -0.444 e. The largest absolute Gasteiger partial charge is 0.444 e. The molecule has 0 saturated carbocycles. The van der Waals surface area contributed by atoms with E-state index in [2.05, 4.69) is 5.32 Å². The molecule has 1 aliphatic heterocycles. The lowest BCUT2D eigenvalue weighted by atomic mass is 10.00. The molecule has 1 atom stereocenters. The lowest BCUT2D eigenvalue weighted by molar-refractivity contribution is -0.127. The van der Waals surface area contributed by atoms with Crippen molar-refractivity contribution in [1.82, 2.24) is 4.90 Å². The monoisotopic (exact) mass is 576 g/mol. The van der Waals surface area contributed by atoms with Crippen molar-refractivity contribution in [2.24, 2.45) is 0 Å². The third-order valence-electron chi connectivity index (χ3n) is 4.73. The summed E-state index contributed by atoms with van der Waals surface area (Å²) in [5, 5.41) is 3.23. The number of halogens is 6. The van der Waals surface area contributed by atoms with Crippen molar-refractivity contribution < 1.29 is 31.5 Å². The van der Waals surface area contributed by atoms with Gasteiger partial charge in [-0.1, -0.05) is 12.1 Å². The summed E-state index contributed by atoms with van der Waals surface area (Å²) in [4.78, 5) is 13.1. The Kier molecular flexibility index (Phi) is 6.68. The van der Waals surface area contributed by atoms with Crippen molar-refractivity contribution in [3.8, 4) is 0 Å². The first-order valence-electron chi connectivity index (χ1n) is 9.55. The SMILES string of the molecule is CC(C)(C)OC(=O)N1CCC(Nc2cccc3c(CC(F)(F)F)c(I)sc23)C(F)(F)C1. The number of ether oxygens (including phenoxy) is 1. The van der Waals surface area contributed by atoms with Gasteiger partial charge in [-0.3, -0.25) is 0 Å². The average Bonchev–Trinajstić information content (AvgIpc) is 2.90. The number of nitrogens with zero attached hydrogens (tertiary/aromatic N) is 1. The molecule has 1 fully saturated rings. The van der Waals surface area contributed by atoms with Crippen molar-refractivity contribution in [1.29, 1.82) is 0 Å². The zero-order valence-corrected chi connectivity index (χ0v) is 20.1. The summed E-state index contributed by atoms with van der Waals surface area (Å²) in [5.41, 5.74) is -0.269. The number of fused-ring (bicyclic) bond motifs is 1. The molecule has 0 aliphatic carbocycles. The molecule has 2 heterocycles. The summed E-state index contributed by atoms with van der Waals surface area (Å²) in [6.07, 6.45) is -6.25.